The summed E-state index contributed by atoms with van der Waals surface area (Å²) in [5.74, 6) is 1.41. The topological polar surface area (TPSA) is 91.0 Å². The molecule has 0 aliphatic carbocycles. The summed E-state index contributed by atoms with van der Waals surface area (Å²) in [6.07, 6.45) is 6.02. The van der Waals surface area contributed by atoms with Gasteiger partial charge in [0, 0.05) is 50.9 Å². The van der Waals surface area contributed by atoms with Crippen LogP contribution in [0.1, 0.15) is 44.9 Å². The van der Waals surface area contributed by atoms with Gasteiger partial charge in [-0.3, -0.25) is 29.0 Å². The van der Waals surface area contributed by atoms with Crippen LogP contribution in [0.25, 0.3) is 0 Å². The minimum absolute atomic E-state index is 0.0538. The molecule has 0 aromatic heterocycles. The molecule has 6 fully saturated rings. The molecule has 158 valence electrons. The fourth-order valence-electron chi connectivity index (χ4n) is 4.33. The van der Waals surface area contributed by atoms with Crippen molar-refractivity contribution in [3.63, 3.8) is 0 Å². The maximum atomic E-state index is 11.7. The molecule has 0 atom stereocenters. The van der Waals surface area contributed by atoms with Crippen molar-refractivity contribution in [1.82, 2.24) is 20.6 Å². The molecule has 0 aromatic carbocycles. The first kappa shape index (κ1) is 21.4. The minimum Gasteiger partial charge on any atom is -0.355 e. The Hall–Kier alpha value is -1.35. The Kier molecular flexibility index (Phi) is 8.39. The number of nitrogens with one attached hydrogen (secondary N) is 2. The molecule has 2 N–H and O–H groups in total. The van der Waals surface area contributed by atoms with Crippen LogP contribution < -0.4 is 10.8 Å². The highest BCUT2D eigenvalue weighted by Crippen LogP contribution is 2.20. The van der Waals surface area contributed by atoms with Gasteiger partial charge in [0.05, 0.1) is 6.54 Å². The number of fused-ring (bicyclic) bond motifs is 15. The third kappa shape index (κ3) is 6.62. The lowest BCUT2D eigenvalue weighted by Gasteiger charge is -2.31. The first-order chi connectivity index (χ1) is 13.6. The third-order valence-electron chi connectivity index (χ3n) is 6.20. The summed E-state index contributed by atoms with van der Waals surface area (Å²) in [6.45, 7) is 6.24. The van der Waals surface area contributed by atoms with Gasteiger partial charge < -0.3 is 5.32 Å². The molecule has 6 aliphatic rings. The molecule has 0 unspecified atom stereocenters. The van der Waals surface area contributed by atoms with E-state index in [1.165, 1.54) is 0 Å². The van der Waals surface area contributed by atoms with Crippen LogP contribution in [-0.2, 0) is 19.2 Å². The van der Waals surface area contributed by atoms with Crippen LogP contribution in [0.5, 0.6) is 0 Å². The van der Waals surface area contributed by atoms with E-state index >= 15 is 0 Å². The Bertz CT molecular complexity index is 540. The van der Waals surface area contributed by atoms with Gasteiger partial charge in [-0.05, 0) is 45.2 Å². The normalized spacial score (nSPS) is 34.6. The van der Waals surface area contributed by atoms with Gasteiger partial charge in [0.15, 0.2) is 0 Å². The van der Waals surface area contributed by atoms with Crippen molar-refractivity contribution in [1.29, 1.82) is 0 Å². The van der Waals surface area contributed by atoms with Gasteiger partial charge in [-0.2, -0.15) is 0 Å². The fraction of sp³-hybridized carbons (Fsp3) is 0.850. The molecule has 8 heteroatoms. The van der Waals surface area contributed by atoms with Crippen LogP contribution in [0.4, 0.5) is 0 Å². The van der Waals surface area contributed by atoms with Crippen molar-refractivity contribution in [3.05, 3.63) is 0 Å². The van der Waals surface area contributed by atoms with E-state index in [9.17, 15) is 14.4 Å². The van der Waals surface area contributed by atoms with Crippen LogP contribution >= 0.6 is 0 Å². The molecule has 1 amide bonds. The average Bonchev–Trinajstić information content (AvgIpc) is 2.77. The number of rotatable bonds is 0. The fourth-order valence-corrected chi connectivity index (χ4v) is 4.33. The number of hydrogen-bond acceptors (Lipinski definition) is 7. The Morgan fingerprint density at radius 3 is 2.07 bits per heavy atom. The van der Waals surface area contributed by atoms with Crippen LogP contribution in [0.2, 0.25) is 0 Å². The van der Waals surface area contributed by atoms with Crippen molar-refractivity contribution in [2.24, 2.45) is 11.8 Å². The lowest BCUT2D eigenvalue weighted by atomic mass is 9.90. The summed E-state index contributed by atoms with van der Waals surface area (Å²) in [5.41, 5.74) is 2.89. The van der Waals surface area contributed by atoms with E-state index in [0.29, 0.717) is 50.1 Å². The number of hydroxylamine groups is 1. The molecule has 6 heterocycles. The van der Waals surface area contributed by atoms with Gasteiger partial charge in [0.1, 0.15) is 18.3 Å². The molecule has 0 spiro atoms. The number of carbonyl (C=O) groups is 3. The highest BCUT2D eigenvalue weighted by Gasteiger charge is 2.27. The minimum atomic E-state index is 0.0538. The lowest BCUT2D eigenvalue weighted by molar-refractivity contribution is -0.127. The first-order valence-electron chi connectivity index (χ1n) is 10.7. The number of ketones is 2. The van der Waals surface area contributed by atoms with E-state index in [1.807, 2.05) is 0 Å². The number of amides is 1. The van der Waals surface area contributed by atoms with Crippen molar-refractivity contribution >= 4 is 17.5 Å². The molecule has 0 radical (unpaired) electrons. The maximum absolute atomic E-state index is 11.7. The lowest BCUT2D eigenvalue weighted by Crippen LogP contribution is -2.45. The smallest absolute Gasteiger partial charge is 0.234 e. The zero-order valence-corrected chi connectivity index (χ0v) is 16.8. The number of piperidine rings is 2. The van der Waals surface area contributed by atoms with E-state index < -0.39 is 0 Å². The predicted molar refractivity (Wildman–Crippen MR) is 104 cm³/mol. The number of carbonyl (C=O) groups excluding carboxylic acids is 3. The standard InChI is InChI=1S/C10H16N2O2.C10H18N2O2/c13-9-1-4-11-10(14)7-12-5-2-8(9)3-6-12;13-10-2-1-5-11-14-8-12-6-3-9(10)4-7-12/h8H,1-7H2,(H,11,14);9,11H,1-8H2. The molecule has 6 aliphatic heterocycles. The zero-order chi connectivity index (χ0) is 19.8. The van der Waals surface area contributed by atoms with E-state index in [1.54, 1.807) is 0 Å². The summed E-state index contributed by atoms with van der Waals surface area (Å²) < 4.78 is 0. The van der Waals surface area contributed by atoms with Gasteiger partial charge in [-0.25, -0.2) is 5.48 Å². The molecule has 6 rings (SSSR count). The zero-order valence-electron chi connectivity index (χ0n) is 16.8. The van der Waals surface area contributed by atoms with Gasteiger partial charge in [0.25, 0.3) is 0 Å². The Morgan fingerprint density at radius 2 is 1.39 bits per heavy atom. The molecule has 0 saturated carbocycles. The molecular weight excluding hydrogens is 360 g/mol. The molecular formula is C20H34N4O4. The summed E-state index contributed by atoms with van der Waals surface area (Å²) in [4.78, 5) is 44.3. The van der Waals surface area contributed by atoms with E-state index in [4.69, 9.17) is 4.84 Å². The van der Waals surface area contributed by atoms with Gasteiger partial charge >= 0.3 is 0 Å². The van der Waals surface area contributed by atoms with Crippen molar-refractivity contribution < 1.29 is 19.2 Å². The SMILES string of the molecule is O=C1CCCNOCN2CCC1CC2.O=C1CN2CCC(CC2)C(=O)CCN1. The highest BCUT2D eigenvalue weighted by atomic mass is 16.7. The van der Waals surface area contributed by atoms with Crippen LogP contribution in [-0.4, -0.2) is 79.8 Å². The number of Topliss-reactive ketones (excluding diaryl/α,β-unsaturated/α-hetero) is 2. The van der Waals surface area contributed by atoms with Crippen LogP contribution in [0.15, 0.2) is 0 Å². The van der Waals surface area contributed by atoms with Crippen molar-refractivity contribution in [2.45, 2.75) is 44.9 Å². The average molecular weight is 395 g/mol. The number of nitrogens with zero attached hydrogens (tertiary/aromatic N) is 2. The van der Waals surface area contributed by atoms with E-state index in [-0.39, 0.29) is 11.8 Å². The second-order valence-corrected chi connectivity index (χ2v) is 8.25. The molecule has 4 bridgehead atoms. The third-order valence-corrected chi connectivity index (χ3v) is 6.20. The first-order valence-corrected chi connectivity index (χ1v) is 10.7. The Balaban J connectivity index is 0.000000161. The van der Waals surface area contributed by atoms with Crippen LogP contribution in [0, 0.1) is 11.8 Å². The monoisotopic (exact) mass is 394 g/mol. The van der Waals surface area contributed by atoms with Gasteiger partial charge in [-0.15, -0.1) is 0 Å². The summed E-state index contributed by atoms with van der Waals surface area (Å²) in [5, 5.41) is 2.77. The van der Waals surface area contributed by atoms with E-state index in [0.717, 1.165) is 64.8 Å². The van der Waals surface area contributed by atoms with Gasteiger partial charge in [-0.1, -0.05) is 0 Å². The number of hydrogen-bond donors (Lipinski definition) is 2. The summed E-state index contributed by atoms with van der Waals surface area (Å²) in [7, 11) is 0. The summed E-state index contributed by atoms with van der Waals surface area (Å²) >= 11 is 0. The molecule has 6 saturated heterocycles. The molecule has 8 nitrogen and oxygen atoms in total. The molecule has 28 heavy (non-hydrogen) atoms. The Morgan fingerprint density at radius 1 is 0.786 bits per heavy atom. The van der Waals surface area contributed by atoms with E-state index in [2.05, 4.69) is 20.6 Å². The van der Waals surface area contributed by atoms with Gasteiger partial charge in [0.2, 0.25) is 5.91 Å². The quantitative estimate of drug-likeness (QED) is 0.612. The predicted octanol–water partition coefficient (Wildman–Crippen LogP) is 0.327. The second-order valence-electron chi connectivity index (χ2n) is 8.25. The van der Waals surface area contributed by atoms with Crippen molar-refractivity contribution in [3.8, 4) is 0 Å². The Labute approximate surface area is 167 Å². The van der Waals surface area contributed by atoms with Crippen LogP contribution in [0.3, 0.4) is 0 Å². The summed E-state index contributed by atoms with van der Waals surface area (Å²) in [6, 6.07) is 0. The largest absolute Gasteiger partial charge is 0.355 e. The molecule has 0 aromatic rings. The highest BCUT2D eigenvalue weighted by molar-refractivity contribution is 5.83. The maximum Gasteiger partial charge on any atom is 0.234 e. The second kappa shape index (κ2) is 11.0. The van der Waals surface area contributed by atoms with Crippen molar-refractivity contribution in [2.75, 3.05) is 52.5 Å².